The third kappa shape index (κ3) is 3.46. The van der Waals surface area contributed by atoms with E-state index in [4.69, 9.17) is 4.74 Å². The molecule has 1 N–H and O–H groups in total. The molecule has 0 bridgehead atoms. The highest BCUT2D eigenvalue weighted by Gasteiger charge is 2.47. The maximum atomic E-state index is 13.5. The van der Waals surface area contributed by atoms with Gasteiger partial charge in [-0.05, 0) is 36.8 Å². The van der Waals surface area contributed by atoms with Crippen LogP contribution in [-0.2, 0) is 9.59 Å². The fraction of sp³-hybridized carbons (Fsp3) is 0.136. The van der Waals surface area contributed by atoms with E-state index in [1.165, 1.54) is 46.7 Å². The second-order valence-electron chi connectivity index (χ2n) is 6.50. The highest BCUT2D eigenvalue weighted by molar-refractivity contribution is 7.14. The van der Waals surface area contributed by atoms with Crippen molar-refractivity contribution in [3.05, 3.63) is 82.6 Å². The Morgan fingerprint density at radius 2 is 2.00 bits per heavy atom. The molecular formula is C22H17FN2O4S. The summed E-state index contributed by atoms with van der Waals surface area (Å²) in [5, 5.41) is 13.0. The monoisotopic (exact) mass is 424 g/mol. The van der Waals surface area contributed by atoms with Crippen molar-refractivity contribution in [3.8, 4) is 5.75 Å². The van der Waals surface area contributed by atoms with Gasteiger partial charge in [0.05, 0.1) is 18.2 Å². The van der Waals surface area contributed by atoms with Crippen LogP contribution in [0.1, 0.15) is 24.1 Å². The number of rotatable bonds is 5. The lowest BCUT2D eigenvalue weighted by Gasteiger charge is -2.23. The lowest BCUT2D eigenvalue weighted by atomic mass is 9.95. The Morgan fingerprint density at radius 3 is 2.67 bits per heavy atom. The molecule has 2 aromatic carbocycles. The molecule has 1 aliphatic rings. The van der Waals surface area contributed by atoms with Gasteiger partial charge in [-0.25, -0.2) is 9.37 Å². The maximum absolute atomic E-state index is 13.5. The molecule has 8 heteroatoms. The van der Waals surface area contributed by atoms with Crippen LogP contribution in [0.4, 0.5) is 9.52 Å². The van der Waals surface area contributed by atoms with Crippen LogP contribution in [0.25, 0.3) is 5.76 Å². The van der Waals surface area contributed by atoms with Gasteiger partial charge in [0.1, 0.15) is 17.3 Å². The summed E-state index contributed by atoms with van der Waals surface area (Å²) in [4.78, 5) is 31.2. The Morgan fingerprint density at radius 1 is 1.23 bits per heavy atom. The third-order valence-corrected chi connectivity index (χ3v) is 5.44. The summed E-state index contributed by atoms with van der Waals surface area (Å²) in [6, 6.07) is 11.1. The smallest absolute Gasteiger partial charge is 0.301 e. The van der Waals surface area contributed by atoms with Crippen LogP contribution in [-0.4, -0.2) is 28.4 Å². The molecule has 1 amide bonds. The first-order chi connectivity index (χ1) is 14.5. The van der Waals surface area contributed by atoms with Gasteiger partial charge >= 0.3 is 5.91 Å². The molecule has 3 aromatic rings. The summed E-state index contributed by atoms with van der Waals surface area (Å²) >= 11 is 1.19. The maximum Gasteiger partial charge on any atom is 0.301 e. The van der Waals surface area contributed by atoms with E-state index in [1.807, 2.05) is 6.92 Å². The van der Waals surface area contributed by atoms with Gasteiger partial charge in [0.25, 0.3) is 5.78 Å². The SMILES string of the molecule is CCOc1cccc(/C(O)=C2\C(=O)C(=O)N(c3nccs3)C2c2ccc(F)cc2)c1. The number of aromatic nitrogens is 1. The molecule has 30 heavy (non-hydrogen) atoms. The molecule has 152 valence electrons. The average Bonchev–Trinajstić information content (AvgIpc) is 3.36. The van der Waals surface area contributed by atoms with E-state index < -0.39 is 23.5 Å². The molecule has 2 heterocycles. The van der Waals surface area contributed by atoms with Crippen molar-refractivity contribution in [1.29, 1.82) is 0 Å². The molecule has 1 atom stereocenters. The van der Waals surface area contributed by atoms with E-state index in [0.29, 0.717) is 28.6 Å². The fourth-order valence-electron chi connectivity index (χ4n) is 3.38. The van der Waals surface area contributed by atoms with Crippen molar-refractivity contribution >= 4 is 33.9 Å². The van der Waals surface area contributed by atoms with E-state index in [2.05, 4.69) is 4.98 Å². The van der Waals surface area contributed by atoms with Crippen LogP contribution in [0.5, 0.6) is 5.75 Å². The Bertz CT molecular complexity index is 1130. The lowest BCUT2D eigenvalue weighted by Crippen LogP contribution is -2.29. The van der Waals surface area contributed by atoms with Crippen molar-refractivity contribution < 1.29 is 23.8 Å². The standard InChI is InChI=1S/C22H17FN2O4S/c1-2-29-16-5-3-4-14(12-16)19(26)17-18(13-6-8-15(23)9-7-13)25(21(28)20(17)27)22-24-10-11-30-22/h3-12,18,26H,2H2,1H3/b19-17+. The van der Waals surface area contributed by atoms with E-state index in [1.54, 1.807) is 29.6 Å². The quantitative estimate of drug-likeness (QED) is 0.375. The summed E-state index contributed by atoms with van der Waals surface area (Å²) in [7, 11) is 0. The number of carbonyl (C=O) groups excluding carboxylic acids is 2. The molecule has 0 radical (unpaired) electrons. The van der Waals surface area contributed by atoms with Gasteiger partial charge < -0.3 is 9.84 Å². The van der Waals surface area contributed by atoms with Crippen LogP contribution in [0.3, 0.4) is 0 Å². The summed E-state index contributed by atoms with van der Waals surface area (Å²) in [6.07, 6.45) is 1.52. The second-order valence-corrected chi connectivity index (χ2v) is 7.37. The molecule has 6 nitrogen and oxygen atoms in total. The van der Waals surface area contributed by atoms with Crippen molar-refractivity contribution in [2.45, 2.75) is 13.0 Å². The fourth-order valence-corrected chi connectivity index (χ4v) is 4.05. The zero-order valence-electron chi connectivity index (χ0n) is 15.9. The second kappa shape index (κ2) is 8.08. The predicted octanol–water partition coefficient (Wildman–Crippen LogP) is 4.31. The molecular weight excluding hydrogens is 407 g/mol. The van der Waals surface area contributed by atoms with Gasteiger partial charge in [-0.15, -0.1) is 11.3 Å². The molecule has 1 unspecified atom stereocenters. The highest BCUT2D eigenvalue weighted by atomic mass is 32.1. The third-order valence-electron chi connectivity index (χ3n) is 4.67. The normalized spacial score (nSPS) is 18.1. The number of ether oxygens (including phenoxy) is 1. The number of halogens is 1. The number of hydrogen-bond donors (Lipinski definition) is 1. The molecule has 0 aliphatic carbocycles. The summed E-state index contributed by atoms with van der Waals surface area (Å²) in [5.41, 5.74) is 0.731. The number of aliphatic hydroxyl groups excluding tert-OH is 1. The van der Waals surface area contributed by atoms with Gasteiger partial charge in [-0.1, -0.05) is 24.3 Å². The Labute approximate surface area is 175 Å². The van der Waals surface area contributed by atoms with Crippen LogP contribution in [0, 0.1) is 5.82 Å². The van der Waals surface area contributed by atoms with Crippen molar-refractivity contribution in [1.82, 2.24) is 4.98 Å². The van der Waals surface area contributed by atoms with Gasteiger partial charge in [0, 0.05) is 17.1 Å². The van der Waals surface area contributed by atoms with E-state index in [-0.39, 0.29) is 11.3 Å². The minimum Gasteiger partial charge on any atom is -0.507 e. The van der Waals surface area contributed by atoms with Gasteiger partial charge in [0.2, 0.25) is 0 Å². The topological polar surface area (TPSA) is 79.7 Å². The van der Waals surface area contributed by atoms with E-state index >= 15 is 0 Å². The summed E-state index contributed by atoms with van der Waals surface area (Å²) in [5.74, 6) is -1.90. The van der Waals surface area contributed by atoms with Crippen LogP contribution >= 0.6 is 11.3 Å². The number of benzene rings is 2. The van der Waals surface area contributed by atoms with Gasteiger partial charge in [0.15, 0.2) is 5.13 Å². The number of Topliss-reactive ketones (excluding diaryl/α,β-unsaturated/α-hetero) is 1. The number of thiazole rings is 1. The molecule has 1 aliphatic heterocycles. The van der Waals surface area contributed by atoms with Crippen molar-refractivity contribution in [3.63, 3.8) is 0 Å². The zero-order valence-corrected chi connectivity index (χ0v) is 16.7. The molecule has 1 fully saturated rings. The highest BCUT2D eigenvalue weighted by Crippen LogP contribution is 2.42. The predicted molar refractivity (Wildman–Crippen MR) is 111 cm³/mol. The number of carbonyl (C=O) groups is 2. The minimum atomic E-state index is -0.938. The Hall–Kier alpha value is -3.52. The van der Waals surface area contributed by atoms with Crippen LogP contribution in [0.15, 0.2) is 65.7 Å². The summed E-state index contributed by atoms with van der Waals surface area (Å²) < 4.78 is 19.0. The van der Waals surface area contributed by atoms with Gasteiger partial charge in [-0.2, -0.15) is 0 Å². The first kappa shape index (κ1) is 19.8. The first-order valence-electron chi connectivity index (χ1n) is 9.20. The molecule has 4 rings (SSSR count). The van der Waals surface area contributed by atoms with Crippen LogP contribution < -0.4 is 9.64 Å². The lowest BCUT2D eigenvalue weighted by molar-refractivity contribution is -0.132. The van der Waals surface area contributed by atoms with E-state index in [0.717, 1.165) is 0 Å². The number of hydrogen-bond acceptors (Lipinski definition) is 6. The minimum absolute atomic E-state index is 0.0875. The molecule has 1 saturated heterocycles. The first-order valence-corrected chi connectivity index (χ1v) is 10.1. The number of ketones is 1. The molecule has 0 spiro atoms. The number of nitrogens with zero attached hydrogens (tertiary/aromatic N) is 2. The molecule has 1 aromatic heterocycles. The largest absolute Gasteiger partial charge is 0.507 e. The van der Waals surface area contributed by atoms with Gasteiger partial charge in [-0.3, -0.25) is 14.5 Å². The average molecular weight is 424 g/mol. The number of amides is 1. The van der Waals surface area contributed by atoms with E-state index in [9.17, 15) is 19.1 Å². The number of aliphatic hydroxyl groups is 1. The Kier molecular flexibility index (Phi) is 5.33. The summed E-state index contributed by atoms with van der Waals surface area (Å²) in [6.45, 7) is 2.27. The zero-order chi connectivity index (χ0) is 21.3. The Balaban J connectivity index is 1.90. The van der Waals surface area contributed by atoms with Crippen molar-refractivity contribution in [2.24, 2.45) is 0 Å². The number of anilines is 1. The van der Waals surface area contributed by atoms with Crippen molar-refractivity contribution in [2.75, 3.05) is 11.5 Å². The van der Waals surface area contributed by atoms with Crippen LogP contribution in [0.2, 0.25) is 0 Å². The molecule has 0 saturated carbocycles.